The lowest BCUT2D eigenvalue weighted by atomic mass is 10.1. The summed E-state index contributed by atoms with van der Waals surface area (Å²) in [5, 5.41) is 3.15. The highest BCUT2D eigenvalue weighted by Gasteiger charge is 2.20. The number of aryl methyl sites for hydroxylation is 4. The van der Waals surface area contributed by atoms with Crippen LogP contribution < -0.4 is 5.56 Å². The van der Waals surface area contributed by atoms with E-state index < -0.39 is 0 Å². The van der Waals surface area contributed by atoms with Gasteiger partial charge in [-0.15, -0.1) is 0 Å². The average molecular weight is 333 g/mol. The summed E-state index contributed by atoms with van der Waals surface area (Å²) in [5.41, 5.74) is 6.35. The van der Waals surface area contributed by atoms with Gasteiger partial charge in [-0.25, -0.2) is 14.5 Å². The van der Waals surface area contributed by atoms with Crippen LogP contribution in [-0.2, 0) is 0 Å². The van der Waals surface area contributed by atoms with E-state index in [0.29, 0.717) is 22.7 Å². The summed E-state index contributed by atoms with van der Waals surface area (Å²) in [4.78, 5) is 25.5. The van der Waals surface area contributed by atoms with Crippen molar-refractivity contribution in [1.29, 1.82) is 0 Å². The molecule has 0 aliphatic carbocycles. The molecule has 126 valence electrons. The molecule has 0 saturated carbocycles. The van der Waals surface area contributed by atoms with Gasteiger partial charge >= 0.3 is 0 Å². The Morgan fingerprint density at radius 2 is 1.60 bits per heavy atom. The lowest BCUT2D eigenvalue weighted by molar-refractivity contribution is 0.873. The van der Waals surface area contributed by atoms with Crippen LogP contribution in [0.2, 0.25) is 0 Å². The van der Waals surface area contributed by atoms with Crippen LogP contribution in [0.1, 0.15) is 22.8 Å². The summed E-state index contributed by atoms with van der Waals surface area (Å²) in [5.74, 6) is 0.563. The predicted molar refractivity (Wildman–Crippen MR) is 97.8 cm³/mol. The van der Waals surface area contributed by atoms with Crippen molar-refractivity contribution in [2.24, 2.45) is 0 Å². The molecule has 4 rings (SSSR count). The van der Waals surface area contributed by atoms with E-state index in [1.807, 2.05) is 58.0 Å². The molecule has 3 heterocycles. The molecule has 4 aromatic rings. The van der Waals surface area contributed by atoms with Gasteiger partial charge < -0.3 is 4.98 Å². The van der Waals surface area contributed by atoms with Crippen molar-refractivity contribution in [2.75, 3.05) is 0 Å². The van der Waals surface area contributed by atoms with E-state index in [0.717, 1.165) is 28.2 Å². The number of imidazole rings is 1. The van der Waals surface area contributed by atoms with Crippen molar-refractivity contribution in [3.8, 4) is 22.5 Å². The number of fused-ring (bicyclic) bond motifs is 1. The molecule has 0 aliphatic heterocycles. The van der Waals surface area contributed by atoms with Crippen LogP contribution in [0.25, 0.3) is 28.2 Å². The molecule has 6 heteroatoms. The van der Waals surface area contributed by atoms with E-state index in [1.165, 1.54) is 4.52 Å². The first-order chi connectivity index (χ1) is 12.0. The molecule has 0 saturated heterocycles. The van der Waals surface area contributed by atoms with Crippen LogP contribution in [0.15, 0.2) is 35.1 Å². The highest BCUT2D eigenvalue weighted by molar-refractivity contribution is 5.80. The second-order valence-corrected chi connectivity index (χ2v) is 6.31. The molecule has 0 aliphatic rings. The molecule has 0 spiro atoms. The molecule has 6 nitrogen and oxygen atoms in total. The smallest absolute Gasteiger partial charge is 0.283 e. The first-order valence-electron chi connectivity index (χ1n) is 8.18. The third-order valence-electron chi connectivity index (χ3n) is 4.57. The minimum Gasteiger partial charge on any atom is -0.342 e. The largest absolute Gasteiger partial charge is 0.342 e. The third kappa shape index (κ3) is 2.29. The molecule has 25 heavy (non-hydrogen) atoms. The van der Waals surface area contributed by atoms with Gasteiger partial charge in [0.25, 0.3) is 5.56 Å². The van der Waals surface area contributed by atoms with Crippen LogP contribution in [0, 0.1) is 27.7 Å². The van der Waals surface area contributed by atoms with Crippen LogP contribution in [0.4, 0.5) is 0 Å². The highest BCUT2D eigenvalue weighted by Crippen LogP contribution is 2.27. The summed E-state index contributed by atoms with van der Waals surface area (Å²) >= 11 is 0. The zero-order valence-electron chi connectivity index (χ0n) is 14.6. The summed E-state index contributed by atoms with van der Waals surface area (Å²) in [6, 6.07) is 9.96. The Morgan fingerprint density at radius 3 is 2.24 bits per heavy atom. The summed E-state index contributed by atoms with van der Waals surface area (Å²) in [6.07, 6.45) is 0. The van der Waals surface area contributed by atoms with E-state index in [2.05, 4.69) is 15.1 Å². The molecule has 0 atom stereocenters. The Balaban J connectivity index is 2.04. The monoisotopic (exact) mass is 333 g/mol. The summed E-state index contributed by atoms with van der Waals surface area (Å²) < 4.78 is 1.51. The number of nitrogens with zero attached hydrogens (tertiary/aromatic N) is 3. The van der Waals surface area contributed by atoms with Crippen molar-refractivity contribution >= 4 is 5.65 Å². The highest BCUT2D eigenvalue weighted by atomic mass is 16.1. The van der Waals surface area contributed by atoms with Crippen molar-refractivity contribution in [1.82, 2.24) is 24.6 Å². The minimum atomic E-state index is -0.151. The van der Waals surface area contributed by atoms with Crippen molar-refractivity contribution in [3.63, 3.8) is 0 Å². The van der Waals surface area contributed by atoms with Crippen LogP contribution in [-0.4, -0.2) is 24.6 Å². The van der Waals surface area contributed by atoms with Crippen molar-refractivity contribution in [2.45, 2.75) is 27.7 Å². The Labute approximate surface area is 144 Å². The van der Waals surface area contributed by atoms with Crippen LogP contribution >= 0.6 is 0 Å². The zero-order chi connectivity index (χ0) is 17.7. The van der Waals surface area contributed by atoms with E-state index >= 15 is 0 Å². The fourth-order valence-corrected chi connectivity index (χ4v) is 3.18. The molecule has 0 amide bonds. The third-order valence-corrected chi connectivity index (χ3v) is 4.57. The Hall–Kier alpha value is -3.15. The van der Waals surface area contributed by atoms with Gasteiger partial charge in [0.2, 0.25) is 0 Å². The van der Waals surface area contributed by atoms with Crippen LogP contribution in [0.5, 0.6) is 0 Å². The molecule has 0 bridgehead atoms. The fraction of sp³-hybridized carbons (Fsp3) is 0.211. The molecule has 1 aromatic carbocycles. The maximum atomic E-state index is 13.1. The van der Waals surface area contributed by atoms with Gasteiger partial charge in [0.1, 0.15) is 11.4 Å². The van der Waals surface area contributed by atoms with E-state index in [-0.39, 0.29) is 5.56 Å². The van der Waals surface area contributed by atoms with Crippen LogP contribution in [0.3, 0.4) is 0 Å². The maximum Gasteiger partial charge on any atom is 0.283 e. The van der Waals surface area contributed by atoms with Gasteiger partial charge in [0.15, 0.2) is 5.65 Å². The van der Waals surface area contributed by atoms with Crippen molar-refractivity contribution < 1.29 is 0 Å². The number of H-pyrrole nitrogens is 2. The summed E-state index contributed by atoms with van der Waals surface area (Å²) in [6.45, 7) is 7.66. The van der Waals surface area contributed by atoms with E-state index in [4.69, 9.17) is 4.98 Å². The Morgan fingerprint density at radius 1 is 0.880 bits per heavy atom. The maximum absolute atomic E-state index is 13.1. The number of aromatic amines is 2. The van der Waals surface area contributed by atoms with Gasteiger partial charge in [-0.3, -0.25) is 9.89 Å². The van der Waals surface area contributed by atoms with Gasteiger partial charge in [-0.05, 0) is 33.3 Å². The normalized spacial score (nSPS) is 11.4. The number of aromatic nitrogens is 5. The van der Waals surface area contributed by atoms with Crippen molar-refractivity contribution in [3.05, 3.63) is 63.5 Å². The predicted octanol–water partition coefficient (Wildman–Crippen LogP) is 3.31. The quantitative estimate of drug-likeness (QED) is 0.591. The molecule has 3 aromatic heterocycles. The Kier molecular flexibility index (Phi) is 3.35. The number of hydrogen-bond acceptors (Lipinski definition) is 3. The standard InChI is InChI=1S/C19H19N5O/c1-10-11(2)21-17(20-10)16-12(3)22-18-15(14-8-6-5-7-9-14)13(4)23-24(18)19(16)25/h5-9,23H,1-4H3,(H,20,21). The molecular weight excluding hydrogens is 314 g/mol. The minimum absolute atomic E-state index is 0.151. The molecule has 0 unspecified atom stereocenters. The zero-order valence-corrected chi connectivity index (χ0v) is 14.6. The van der Waals surface area contributed by atoms with Gasteiger partial charge in [0.05, 0.1) is 11.4 Å². The lowest BCUT2D eigenvalue weighted by Gasteiger charge is -2.04. The number of nitrogens with one attached hydrogen (secondary N) is 2. The Bertz CT molecular complexity index is 1130. The number of hydrogen-bond donors (Lipinski definition) is 2. The molecule has 2 N–H and O–H groups in total. The van der Waals surface area contributed by atoms with Gasteiger partial charge in [-0.1, -0.05) is 30.3 Å². The number of rotatable bonds is 2. The topological polar surface area (TPSA) is 78.8 Å². The van der Waals surface area contributed by atoms with Gasteiger partial charge in [0, 0.05) is 17.0 Å². The van der Waals surface area contributed by atoms with E-state index in [9.17, 15) is 4.79 Å². The first-order valence-corrected chi connectivity index (χ1v) is 8.18. The molecule has 0 fully saturated rings. The average Bonchev–Trinajstić information content (AvgIpc) is 3.08. The fourth-order valence-electron chi connectivity index (χ4n) is 3.18. The summed E-state index contributed by atoms with van der Waals surface area (Å²) in [7, 11) is 0. The van der Waals surface area contributed by atoms with Gasteiger partial charge in [-0.2, -0.15) is 0 Å². The SMILES string of the molecule is Cc1nc(-c2c(C)nc3c(-c4ccccc4)c(C)[nH]n3c2=O)[nH]c1C. The second kappa shape index (κ2) is 5.44. The van der Waals surface area contributed by atoms with E-state index in [1.54, 1.807) is 0 Å². The first kappa shape index (κ1) is 15.4. The molecule has 0 radical (unpaired) electrons. The number of benzene rings is 1. The molecular formula is C19H19N5O. The second-order valence-electron chi connectivity index (χ2n) is 6.31. The lowest BCUT2D eigenvalue weighted by Crippen LogP contribution is -2.19.